The summed E-state index contributed by atoms with van der Waals surface area (Å²) < 4.78 is 2.36. The van der Waals surface area contributed by atoms with Gasteiger partial charge in [-0.15, -0.1) is 0 Å². The number of benzene rings is 7. The van der Waals surface area contributed by atoms with Crippen LogP contribution in [0.2, 0.25) is 0 Å². The summed E-state index contributed by atoms with van der Waals surface area (Å²) in [6.07, 6.45) is 1.94. The minimum Gasteiger partial charge on any atom is -0.355 e. The first-order valence-electron chi connectivity index (χ1n) is 18.5. The fourth-order valence-corrected chi connectivity index (χ4v) is 13.5. The third-order valence-corrected chi connectivity index (χ3v) is 15.9. The second-order valence-electron chi connectivity index (χ2n) is 14.1. The SMILES string of the molecule is CN1CN(c2cccc([Si](c3ccccc3)(c3ccccc3)c3ccc4c5ccccc5n(-c5cc(-c6ccccc6)ccn5)c4c3)c2)c2ccccc21. The van der Waals surface area contributed by atoms with E-state index in [1.807, 2.05) is 6.20 Å². The Hall–Kier alpha value is -6.69. The van der Waals surface area contributed by atoms with Crippen LogP contribution in [0.5, 0.6) is 0 Å². The summed E-state index contributed by atoms with van der Waals surface area (Å²) in [5, 5.41) is 7.80. The molecular weight excluding hydrogens is 673 g/mol. The maximum Gasteiger partial charge on any atom is 0.179 e. The zero-order valence-electron chi connectivity index (χ0n) is 30.0. The van der Waals surface area contributed by atoms with E-state index in [1.165, 1.54) is 54.1 Å². The topological polar surface area (TPSA) is 24.3 Å². The highest BCUT2D eigenvalue weighted by atomic mass is 28.3. The van der Waals surface area contributed by atoms with Crippen molar-refractivity contribution in [1.82, 2.24) is 9.55 Å². The molecule has 7 aromatic carbocycles. The van der Waals surface area contributed by atoms with E-state index < -0.39 is 8.07 Å². The first-order valence-corrected chi connectivity index (χ1v) is 20.5. The molecule has 0 amide bonds. The molecule has 9 aromatic rings. The van der Waals surface area contributed by atoms with Crippen LogP contribution in [0.3, 0.4) is 0 Å². The van der Waals surface area contributed by atoms with Crippen molar-refractivity contribution in [1.29, 1.82) is 0 Å². The highest BCUT2D eigenvalue weighted by Crippen LogP contribution is 2.39. The molecule has 0 fully saturated rings. The van der Waals surface area contributed by atoms with E-state index in [0.717, 1.165) is 29.1 Å². The molecule has 10 rings (SSSR count). The van der Waals surface area contributed by atoms with Crippen molar-refractivity contribution in [2.24, 2.45) is 0 Å². The van der Waals surface area contributed by atoms with Gasteiger partial charge in [0.2, 0.25) is 0 Å². The predicted molar refractivity (Wildman–Crippen MR) is 229 cm³/mol. The first-order chi connectivity index (χ1) is 26.7. The van der Waals surface area contributed by atoms with Gasteiger partial charge >= 0.3 is 0 Å². The van der Waals surface area contributed by atoms with Crippen LogP contribution < -0.4 is 30.5 Å². The van der Waals surface area contributed by atoms with Crippen molar-refractivity contribution in [3.05, 3.63) is 200 Å². The van der Waals surface area contributed by atoms with E-state index in [0.29, 0.717) is 0 Å². The summed E-state index contributed by atoms with van der Waals surface area (Å²) in [6.45, 7) is 0.801. The molecule has 0 spiro atoms. The standard InChI is InChI=1S/C49H38N4Si/c1-51-35-52(47-27-14-13-26-46(47)51)38-18-15-23-41(33-38)54(39-19-7-3-8-20-39,40-21-9-4-10-22-40)42-28-29-44-43-24-11-12-25-45(43)53(48(44)34-42)49-32-37(30-31-50-49)36-16-5-2-6-17-36/h2-34H,35H2,1H3. The van der Waals surface area contributed by atoms with E-state index in [-0.39, 0.29) is 0 Å². The minimum absolute atomic E-state index is 0.801. The highest BCUT2D eigenvalue weighted by Gasteiger charge is 2.42. The molecule has 54 heavy (non-hydrogen) atoms. The van der Waals surface area contributed by atoms with Crippen LogP contribution in [0.4, 0.5) is 17.1 Å². The molecule has 0 saturated heterocycles. The van der Waals surface area contributed by atoms with Crippen LogP contribution in [0, 0.1) is 0 Å². The van der Waals surface area contributed by atoms with Crippen LogP contribution in [0.15, 0.2) is 200 Å². The number of anilines is 3. The van der Waals surface area contributed by atoms with Crippen LogP contribution in [0.1, 0.15) is 0 Å². The van der Waals surface area contributed by atoms with Gasteiger partial charge in [-0.05, 0) is 80.4 Å². The Bertz CT molecular complexity index is 2740. The zero-order valence-corrected chi connectivity index (χ0v) is 31.0. The summed E-state index contributed by atoms with van der Waals surface area (Å²) in [4.78, 5) is 9.79. The summed E-state index contributed by atoms with van der Waals surface area (Å²) in [6, 6.07) is 71.4. The van der Waals surface area contributed by atoms with Crippen LogP contribution >= 0.6 is 0 Å². The molecule has 1 aliphatic heterocycles. The molecule has 3 heterocycles. The lowest BCUT2D eigenvalue weighted by molar-refractivity contribution is 0.950. The molecule has 0 radical (unpaired) electrons. The Morgan fingerprint density at radius 3 is 1.83 bits per heavy atom. The molecule has 4 nitrogen and oxygen atoms in total. The first kappa shape index (κ1) is 32.0. The van der Waals surface area contributed by atoms with Gasteiger partial charge in [0.1, 0.15) is 5.82 Å². The Kier molecular flexibility index (Phi) is 7.74. The van der Waals surface area contributed by atoms with Gasteiger partial charge in [0.05, 0.1) is 29.1 Å². The normalized spacial score (nSPS) is 12.8. The average molecular weight is 711 g/mol. The smallest absolute Gasteiger partial charge is 0.179 e. The average Bonchev–Trinajstić information content (AvgIpc) is 3.77. The second kappa shape index (κ2) is 13.1. The molecule has 0 aliphatic carbocycles. The van der Waals surface area contributed by atoms with E-state index in [2.05, 4.69) is 216 Å². The van der Waals surface area contributed by atoms with Gasteiger partial charge in [-0.2, -0.15) is 0 Å². The lowest BCUT2D eigenvalue weighted by atomic mass is 10.1. The fourth-order valence-electron chi connectivity index (χ4n) is 8.69. The monoisotopic (exact) mass is 710 g/mol. The van der Waals surface area contributed by atoms with Crippen LogP contribution in [-0.2, 0) is 0 Å². The summed E-state index contributed by atoms with van der Waals surface area (Å²) in [5.74, 6) is 0.908. The van der Waals surface area contributed by atoms with Crippen molar-refractivity contribution in [3.63, 3.8) is 0 Å². The summed E-state index contributed by atoms with van der Waals surface area (Å²) >= 11 is 0. The van der Waals surface area contributed by atoms with Gasteiger partial charge in [0.15, 0.2) is 8.07 Å². The van der Waals surface area contributed by atoms with Crippen molar-refractivity contribution >= 4 is 67.7 Å². The largest absolute Gasteiger partial charge is 0.355 e. The number of hydrogen-bond donors (Lipinski definition) is 0. The minimum atomic E-state index is -2.92. The molecule has 0 unspecified atom stereocenters. The molecule has 5 heteroatoms. The number of para-hydroxylation sites is 3. The van der Waals surface area contributed by atoms with E-state index in [4.69, 9.17) is 4.98 Å². The zero-order chi connectivity index (χ0) is 36.1. The van der Waals surface area contributed by atoms with Gasteiger partial charge in [0.25, 0.3) is 0 Å². The Morgan fingerprint density at radius 2 is 1.07 bits per heavy atom. The number of pyridine rings is 1. The summed E-state index contributed by atoms with van der Waals surface area (Å²) in [5.41, 5.74) is 8.31. The molecule has 2 aromatic heterocycles. The maximum atomic E-state index is 5.02. The molecule has 0 atom stereocenters. The number of fused-ring (bicyclic) bond motifs is 4. The van der Waals surface area contributed by atoms with Gasteiger partial charge in [-0.3, -0.25) is 4.57 Å². The molecule has 0 saturated carbocycles. The van der Waals surface area contributed by atoms with E-state index in [1.54, 1.807) is 0 Å². The van der Waals surface area contributed by atoms with Gasteiger partial charge in [-0.25, -0.2) is 4.98 Å². The molecule has 258 valence electrons. The fraction of sp³-hybridized carbons (Fsp3) is 0.0408. The number of hydrogen-bond acceptors (Lipinski definition) is 3. The highest BCUT2D eigenvalue weighted by molar-refractivity contribution is 7.20. The van der Waals surface area contributed by atoms with Crippen molar-refractivity contribution in [2.45, 2.75) is 0 Å². The predicted octanol–water partition coefficient (Wildman–Crippen LogP) is 8.77. The van der Waals surface area contributed by atoms with Gasteiger partial charge in [0, 0.05) is 29.7 Å². The summed E-state index contributed by atoms with van der Waals surface area (Å²) in [7, 11) is -0.744. The van der Waals surface area contributed by atoms with E-state index in [9.17, 15) is 0 Å². The van der Waals surface area contributed by atoms with Gasteiger partial charge in [-0.1, -0.05) is 146 Å². The molecule has 1 aliphatic rings. The number of nitrogens with zero attached hydrogens (tertiary/aromatic N) is 4. The lowest BCUT2D eigenvalue weighted by Crippen LogP contribution is -2.74. The Balaban J connectivity index is 1.25. The van der Waals surface area contributed by atoms with Crippen molar-refractivity contribution < 1.29 is 0 Å². The Labute approximate surface area is 316 Å². The van der Waals surface area contributed by atoms with Crippen molar-refractivity contribution in [3.8, 4) is 16.9 Å². The molecule has 0 N–H and O–H groups in total. The maximum absolute atomic E-state index is 5.02. The Morgan fingerprint density at radius 1 is 0.463 bits per heavy atom. The number of aromatic nitrogens is 2. The lowest BCUT2D eigenvalue weighted by Gasteiger charge is -2.35. The third kappa shape index (κ3) is 5.08. The van der Waals surface area contributed by atoms with Gasteiger partial charge < -0.3 is 9.80 Å². The van der Waals surface area contributed by atoms with E-state index >= 15 is 0 Å². The quantitative estimate of drug-likeness (QED) is 0.122. The third-order valence-electron chi connectivity index (χ3n) is 11.1. The number of rotatable bonds is 7. The van der Waals surface area contributed by atoms with Crippen LogP contribution in [-0.4, -0.2) is 31.3 Å². The van der Waals surface area contributed by atoms with Crippen molar-refractivity contribution in [2.75, 3.05) is 23.5 Å². The van der Waals surface area contributed by atoms with Crippen LogP contribution in [0.25, 0.3) is 38.8 Å². The molecule has 0 bridgehead atoms. The second-order valence-corrected chi connectivity index (χ2v) is 18.0. The molecular formula is C49H38N4Si.